The quantitative estimate of drug-likeness (QED) is 0.670. The number of rotatable bonds is 1. The Labute approximate surface area is 88.0 Å². The van der Waals surface area contributed by atoms with Crippen molar-refractivity contribution in [2.75, 3.05) is 0 Å². The molecule has 0 aliphatic carbocycles. The fourth-order valence-corrected chi connectivity index (χ4v) is 1.85. The van der Waals surface area contributed by atoms with E-state index in [-0.39, 0.29) is 0 Å². The molecule has 72 valence electrons. The van der Waals surface area contributed by atoms with Gasteiger partial charge >= 0.3 is 0 Å². The lowest BCUT2D eigenvalue weighted by Crippen LogP contribution is -1.95. The van der Waals surface area contributed by atoms with E-state index in [1.807, 2.05) is 32.0 Å². The zero-order valence-electron chi connectivity index (χ0n) is 8.21. The number of benzene rings is 1. The summed E-state index contributed by atoms with van der Waals surface area (Å²) in [4.78, 5) is 8.65. The van der Waals surface area contributed by atoms with Crippen molar-refractivity contribution in [2.45, 2.75) is 20.3 Å². The molecular weight excluding hydrogens is 196 g/mol. The maximum absolute atomic E-state index is 6.10. The Morgan fingerprint density at radius 3 is 2.79 bits per heavy atom. The third-order valence-corrected chi connectivity index (χ3v) is 2.52. The van der Waals surface area contributed by atoms with Crippen molar-refractivity contribution in [1.82, 2.24) is 9.97 Å². The number of hydrogen-bond acceptors (Lipinski definition) is 2. The SMILES string of the molecule is CCc1nc(Cl)c2c(C)cccc2n1. The minimum Gasteiger partial charge on any atom is -0.233 e. The molecular formula is C11H11ClN2. The van der Waals surface area contributed by atoms with Gasteiger partial charge < -0.3 is 0 Å². The number of aromatic nitrogens is 2. The van der Waals surface area contributed by atoms with Crippen LogP contribution in [0.2, 0.25) is 5.15 Å². The Morgan fingerprint density at radius 2 is 2.07 bits per heavy atom. The van der Waals surface area contributed by atoms with Crippen molar-refractivity contribution in [1.29, 1.82) is 0 Å². The molecule has 0 N–H and O–H groups in total. The van der Waals surface area contributed by atoms with Gasteiger partial charge in [0.2, 0.25) is 0 Å². The van der Waals surface area contributed by atoms with Gasteiger partial charge in [-0.25, -0.2) is 9.97 Å². The highest BCUT2D eigenvalue weighted by atomic mass is 35.5. The first-order valence-electron chi connectivity index (χ1n) is 4.64. The van der Waals surface area contributed by atoms with Crippen molar-refractivity contribution in [3.63, 3.8) is 0 Å². The average molecular weight is 207 g/mol. The van der Waals surface area contributed by atoms with E-state index >= 15 is 0 Å². The zero-order chi connectivity index (χ0) is 10.1. The third kappa shape index (κ3) is 1.46. The average Bonchev–Trinajstić information content (AvgIpc) is 2.17. The summed E-state index contributed by atoms with van der Waals surface area (Å²) in [6.45, 7) is 4.04. The van der Waals surface area contributed by atoms with Crippen molar-refractivity contribution in [2.24, 2.45) is 0 Å². The molecule has 0 spiro atoms. The van der Waals surface area contributed by atoms with Gasteiger partial charge in [0, 0.05) is 11.8 Å². The van der Waals surface area contributed by atoms with Crippen LogP contribution in [0.1, 0.15) is 18.3 Å². The summed E-state index contributed by atoms with van der Waals surface area (Å²) >= 11 is 6.10. The second-order valence-corrected chi connectivity index (χ2v) is 3.61. The molecule has 0 atom stereocenters. The second-order valence-electron chi connectivity index (χ2n) is 3.25. The van der Waals surface area contributed by atoms with Crippen LogP contribution in [-0.2, 0) is 6.42 Å². The Balaban J connectivity index is 2.83. The van der Waals surface area contributed by atoms with Crippen LogP contribution in [0.4, 0.5) is 0 Å². The maximum atomic E-state index is 6.10. The monoisotopic (exact) mass is 206 g/mol. The standard InChI is InChI=1S/C11H11ClN2/c1-3-9-13-8-6-4-5-7(2)10(8)11(12)14-9/h4-6H,3H2,1-2H3. The normalized spacial score (nSPS) is 10.8. The molecule has 2 aromatic rings. The third-order valence-electron chi connectivity index (χ3n) is 2.25. The molecule has 0 aliphatic rings. The highest BCUT2D eigenvalue weighted by Gasteiger charge is 2.06. The van der Waals surface area contributed by atoms with E-state index in [0.717, 1.165) is 28.7 Å². The van der Waals surface area contributed by atoms with E-state index in [4.69, 9.17) is 11.6 Å². The molecule has 0 amide bonds. The van der Waals surface area contributed by atoms with Gasteiger partial charge in [-0.1, -0.05) is 30.7 Å². The first-order chi connectivity index (χ1) is 6.72. The topological polar surface area (TPSA) is 25.8 Å². The minimum absolute atomic E-state index is 0.560. The van der Waals surface area contributed by atoms with Crippen molar-refractivity contribution < 1.29 is 0 Å². The summed E-state index contributed by atoms with van der Waals surface area (Å²) in [6, 6.07) is 5.97. The molecule has 1 aromatic carbocycles. The Kier molecular flexibility index (Phi) is 2.38. The molecule has 14 heavy (non-hydrogen) atoms. The second kappa shape index (κ2) is 3.54. The highest BCUT2D eigenvalue weighted by molar-refractivity contribution is 6.34. The molecule has 0 aliphatic heterocycles. The van der Waals surface area contributed by atoms with Crippen LogP contribution in [0, 0.1) is 6.92 Å². The molecule has 2 rings (SSSR count). The Bertz CT molecular complexity index is 480. The molecule has 1 aromatic heterocycles. The molecule has 3 heteroatoms. The summed E-state index contributed by atoms with van der Waals surface area (Å²) in [5.74, 6) is 0.799. The van der Waals surface area contributed by atoms with Crippen molar-refractivity contribution in [3.05, 3.63) is 34.7 Å². The summed E-state index contributed by atoms with van der Waals surface area (Å²) < 4.78 is 0. The van der Waals surface area contributed by atoms with Gasteiger partial charge in [-0.15, -0.1) is 0 Å². The van der Waals surface area contributed by atoms with Gasteiger partial charge in [0.1, 0.15) is 11.0 Å². The number of fused-ring (bicyclic) bond motifs is 1. The summed E-state index contributed by atoms with van der Waals surface area (Å²) in [6.07, 6.45) is 0.809. The van der Waals surface area contributed by atoms with E-state index in [9.17, 15) is 0 Å². The highest BCUT2D eigenvalue weighted by Crippen LogP contribution is 2.23. The van der Waals surface area contributed by atoms with Crippen molar-refractivity contribution >= 4 is 22.5 Å². The van der Waals surface area contributed by atoms with Crippen LogP contribution in [0.3, 0.4) is 0 Å². The number of aryl methyl sites for hydroxylation is 2. The largest absolute Gasteiger partial charge is 0.233 e. The molecule has 0 fully saturated rings. The summed E-state index contributed by atoms with van der Waals surface area (Å²) in [5.41, 5.74) is 2.05. The van der Waals surface area contributed by atoms with Gasteiger partial charge in [0.25, 0.3) is 0 Å². The van der Waals surface area contributed by atoms with Gasteiger partial charge in [-0.05, 0) is 18.6 Å². The van der Waals surface area contributed by atoms with Crippen LogP contribution >= 0.6 is 11.6 Å². The molecule has 0 radical (unpaired) electrons. The summed E-state index contributed by atoms with van der Waals surface area (Å²) in [7, 11) is 0. The van der Waals surface area contributed by atoms with E-state index in [1.54, 1.807) is 0 Å². The van der Waals surface area contributed by atoms with Crippen LogP contribution in [-0.4, -0.2) is 9.97 Å². The van der Waals surface area contributed by atoms with Gasteiger partial charge in [-0.2, -0.15) is 0 Å². The predicted octanol–water partition coefficient (Wildman–Crippen LogP) is 3.15. The van der Waals surface area contributed by atoms with Gasteiger partial charge in [-0.3, -0.25) is 0 Å². The molecule has 0 unspecified atom stereocenters. The van der Waals surface area contributed by atoms with E-state index in [0.29, 0.717) is 5.15 Å². The van der Waals surface area contributed by atoms with Gasteiger partial charge in [0.05, 0.1) is 5.52 Å². The van der Waals surface area contributed by atoms with Crippen LogP contribution in [0.15, 0.2) is 18.2 Å². The molecule has 0 saturated carbocycles. The minimum atomic E-state index is 0.560. The van der Waals surface area contributed by atoms with Crippen LogP contribution < -0.4 is 0 Å². The Hall–Kier alpha value is -1.15. The smallest absolute Gasteiger partial charge is 0.140 e. The number of nitrogens with zero attached hydrogens (tertiary/aromatic N) is 2. The predicted molar refractivity (Wildman–Crippen MR) is 58.7 cm³/mol. The Morgan fingerprint density at radius 1 is 1.29 bits per heavy atom. The first kappa shape index (κ1) is 9.41. The molecule has 1 heterocycles. The lowest BCUT2D eigenvalue weighted by Gasteiger charge is -2.04. The molecule has 0 saturated heterocycles. The maximum Gasteiger partial charge on any atom is 0.140 e. The molecule has 2 nitrogen and oxygen atoms in total. The van der Waals surface area contributed by atoms with Crippen molar-refractivity contribution in [3.8, 4) is 0 Å². The zero-order valence-corrected chi connectivity index (χ0v) is 8.97. The molecule has 0 bridgehead atoms. The lowest BCUT2D eigenvalue weighted by atomic mass is 10.1. The fourth-order valence-electron chi connectivity index (χ4n) is 1.51. The fraction of sp³-hybridized carbons (Fsp3) is 0.273. The first-order valence-corrected chi connectivity index (χ1v) is 5.02. The van der Waals surface area contributed by atoms with Crippen LogP contribution in [0.5, 0.6) is 0 Å². The van der Waals surface area contributed by atoms with E-state index in [1.165, 1.54) is 0 Å². The number of hydrogen-bond donors (Lipinski definition) is 0. The number of halogens is 1. The van der Waals surface area contributed by atoms with E-state index < -0.39 is 0 Å². The van der Waals surface area contributed by atoms with E-state index in [2.05, 4.69) is 9.97 Å². The summed E-state index contributed by atoms with van der Waals surface area (Å²) in [5, 5.41) is 1.52. The van der Waals surface area contributed by atoms with Gasteiger partial charge in [0.15, 0.2) is 0 Å². The lowest BCUT2D eigenvalue weighted by molar-refractivity contribution is 0.960. The van der Waals surface area contributed by atoms with Crippen LogP contribution in [0.25, 0.3) is 10.9 Å².